The van der Waals surface area contributed by atoms with Gasteiger partial charge in [-0.05, 0) is 20.3 Å². The number of nitrogens with zero attached hydrogens (tertiary/aromatic N) is 3. The first kappa shape index (κ1) is 13.3. The summed E-state index contributed by atoms with van der Waals surface area (Å²) in [7, 11) is 0. The maximum absolute atomic E-state index is 5.50. The highest BCUT2D eigenvalue weighted by Crippen LogP contribution is 2.12. The first-order valence-electron chi connectivity index (χ1n) is 6.41. The van der Waals surface area contributed by atoms with E-state index in [0.29, 0.717) is 12.4 Å². The number of hydrogen-bond donors (Lipinski definition) is 2. The Morgan fingerprint density at radius 3 is 2.53 bits per heavy atom. The van der Waals surface area contributed by atoms with Crippen LogP contribution >= 0.6 is 0 Å². The summed E-state index contributed by atoms with van der Waals surface area (Å²) in [4.78, 5) is 12.6. The third-order valence-corrected chi connectivity index (χ3v) is 2.72. The molecule has 2 rings (SSSR count). The Hall–Kier alpha value is -2.11. The van der Waals surface area contributed by atoms with Crippen molar-refractivity contribution >= 4 is 11.6 Å². The van der Waals surface area contributed by atoms with Gasteiger partial charge in [-0.2, -0.15) is 0 Å². The molecule has 2 aromatic heterocycles. The lowest BCUT2D eigenvalue weighted by molar-refractivity contribution is 0.478. The van der Waals surface area contributed by atoms with E-state index in [1.54, 1.807) is 0 Å². The zero-order valence-electron chi connectivity index (χ0n) is 11.5. The molecule has 19 heavy (non-hydrogen) atoms. The molecular weight excluding hydrogens is 242 g/mol. The normalized spacial score (nSPS) is 10.5. The molecule has 0 spiro atoms. The number of rotatable bonds is 6. The van der Waals surface area contributed by atoms with E-state index in [-0.39, 0.29) is 0 Å². The van der Waals surface area contributed by atoms with Crippen LogP contribution in [-0.2, 0) is 6.54 Å². The van der Waals surface area contributed by atoms with Crippen LogP contribution in [0.4, 0.5) is 11.6 Å². The molecule has 0 aromatic carbocycles. The number of oxazole rings is 1. The summed E-state index contributed by atoms with van der Waals surface area (Å²) in [6, 6.07) is 1.87. The van der Waals surface area contributed by atoms with Crippen molar-refractivity contribution in [2.75, 3.05) is 17.2 Å². The van der Waals surface area contributed by atoms with Crippen molar-refractivity contribution < 1.29 is 4.42 Å². The van der Waals surface area contributed by atoms with E-state index in [1.807, 2.05) is 19.9 Å². The second-order valence-electron chi connectivity index (χ2n) is 4.32. The van der Waals surface area contributed by atoms with Crippen LogP contribution in [0.2, 0.25) is 0 Å². The smallest absolute Gasteiger partial charge is 0.213 e. The fourth-order valence-corrected chi connectivity index (χ4v) is 1.58. The fraction of sp³-hybridized carbons (Fsp3) is 0.462. The van der Waals surface area contributed by atoms with Crippen molar-refractivity contribution in [2.24, 2.45) is 0 Å². The van der Waals surface area contributed by atoms with Crippen LogP contribution < -0.4 is 10.6 Å². The molecule has 0 bridgehead atoms. The van der Waals surface area contributed by atoms with E-state index in [0.717, 1.165) is 36.1 Å². The molecule has 6 heteroatoms. The number of aryl methyl sites for hydroxylation is 2. The van der Waals surface area contributed by atoms with Gasteiger partial charge in [-0.15, -0.1) is 0 Å². The first-order valence-corrected chi connectivity index (χ1v) is 6.41. The third-order valence-electron chi connectivity index (χ3n) is 2.72. The molecule has 102 valence electrons. The van der Waals surface area contributed by atoms with Crippen LogP contribution in [-0.4, -0.2) is 21.5 Å². The Morgan fingerprint density at radius 2 is 1.89 bits per heavy atom. The van der Waals surface area contributed by atoms with Gasteiger partial charge in [-0.3, -0.25) is 0 Å². The topological polar surface area (TPSA) is 75.9 Å². The first-order chi connectivity index (χ1) is 9.19. The van der Waals surface area contributed by atoms with Crippen molar-refractivity contribution in [1.82, 2.24) is 15.0 Å². The minimum atomic E-state index is 0.513. The quantitative estimate of drug-likeness (QED) is 0.832. The van der Waals surface area contributed by atoms with Gasteiger partial charge in [0, 0.05) is 12.6 Å². The molecule has 0 amide bonds. The molecule has 0 aliphatic carbocycles. The van der Waals surface area contributed by atoms with Crippen LogP contribution in [0.3, 0.4) is 0 Å². The van der Waals surface area contributed by atoms with Gasteiger partial charge in [0.15, 0.2) is 0 Å². The number of hydrogen-bond acceptors (Lipinski definition) is 6. The van der Waals surface area contributed by atoms with Crippen LogP contribution in [0, 0.1) is 13.8 Å². The average molecular weight is 261 g/mol. The fourth-order valence-electron chi connectivity index (χ4n) is 1.58. The second-order valence-corrected chi connectivity index (χ2v) is 4.32. The van der Waals surface area contributed by atoms with Crippen molar-refractivity contribution in [3.63, 3.8) is 0 Å². The summed E-state index contributed by atoms with van der Waals surface area (Å²) in [5, 5.41) is 6.39. The van der Waals surface area contributed by atoms with Crippen molar-refractivity contribution in [1.29, 1.82) is 0 Å². The van der Waals surface area contributed by atoms with Crippen molar-refractivity contribution in [3.05, 3.63) is 29.7 Å². The van der Waals surface area contributed by atoms with Gasteiger partial charge < -0.3 is 15.1 Å². The Balaban J connectivity index is 1.95. The molecule has 0 saturated heterocycles. The van der Waals surface area contributed by atoms with Crippen molar-refractivity contribution in [2.45, 2.75) is 33.7 Å². The highest BCUT2D eigenvalue weighted by Gasteiger charge is 2.05. The molecule has 0 fully saturated rings. The molecule has 6 nitrogen and oxygen atoms in total. The Labute approximate surface area is 112 Å². The van der Waals surface area contributed by atoms with Gasteiger partial charge in [0.1, 0.15) is 23.7 Å². The van der Waals surface area contributed by atoms with Crippen LogP contribution in [0.1, 0.15) is 30.7 Å². The van der Waals surface area contributed by atoms with Gasteiger partial charge in [0.2, 0.25) is 5.89 Å². The summed E-state index contributed by atoms with van der Waals surface area (Å²) in [6.45, 7) is 7.36. The van der Waals surface area contributed by atoms with Crippen LogP contribution in [0.15, 0.2) is 16.8 Å². The Bertz CT molecular complexity index is 518. The van der Waals surface area contributed by atoms with Gasteiger partial charge >= 0.3 is 0 Å². The van der Waals surface area contributed by atoms with Gasteiger partial charge in [0.25, 0.3) is 0 Å². The molecule has 0 saturated carbocycles. The van der Waals surface area contributed by atoms with Crippen LogP contribution in [0.5, 0.6) is 0 Å². The largest absolute Gasteiger partial charge is 0.444 e. The summed E-state index contributed by atoms with van der Waals surface area (Å²) in [5.74, 6) is 3.09. The summed E-state index contributed by atoms with van der Waals surface area (Å²) < 4.78 is 5.50. The predicted molar refractivity (Wildman–Crippen MR) is 74.1 cm³/mol. The lowest BCUT2D eigenvalue weighted by Crippen LogP contribution is -2.05. The molecular formula is C13H19N5O. The summed E-state index contributed by atoms with van der Waals surface area (Å²) in [5.41, 5.74) is 0.921. The standard InChI is InChI=1S/C13H19N5O/c1-4-5-14-11-6-12(17-8-16-11)15-7-13-18-9(2)10(3)19-13/h6,8H,4-5,7H2,1-3H3,(H2,14,15,16,17). The van der Waals surface area contributed by atoms with E-state index < -0.39 is 0 Å². The summed E-state index contributed by atoms with van der Waals surface area (Å²) in [6.07, 6.45) is 2.59. The van der Waals surface area contributed by atoms with Gasteiger partial charge in [-0.1, -0.05) is 6.92 Å². The SMILES string of the molecule is CCCNc1cc(NCc2nc(C)c(C)o2)ncn1. The zero-order chi connectivity index (χ0) is 13.7. The zero-order valence-corrected chi connectivity index (χ0v) is 11.5. The minimum Gasteiger partial charge on any atom is -0.444 e. The average Bonchev–Trinajstić information content (AvgIpc) is 2.74. The predicted octanol–water partition coefficient (Wildman–Crippen LogP) is 2.52. The number of aromatic nitrogens is 3. The molecule has 0 atom stereocenters. The van der Waals surface area contributed by atoms with E-state index in [9.17, 15) is 0 Å². The highest BCUT2D eigenvalue weighted by molar-refractivity contribution is 5.46. The van der Waals surface area contributed by atoms with E-state index in [4.69, 9.17) is 4.42 Å². The Kier molecular flexibility index (Phi) is 4.33. The van der Waals surface area contributed by atoms with Crippen molar-refractivity contribution in [3.8, 4) is 0 Å². The highest BCUT2D eigenvalue weighted by atomic mass is 16.4. The maximum atomic E-state index is 5.50. The van der Waals surface area contributed by atoms with Gasteiger partial charge in [-0.25, -0.2) is 15.0 Å². The second kappa shape index (κ2) is 6.17. The lowest BCUT2D eigenvalue weighted by atomic mass is 10.4. The third kappa shape index (κ3) is 3.67. The monoisotopic (exact) mass is 261 g/mol. The molecule has 0 aliphatic heterocycles. The van der Waals surface area contributed by atoms with Gasteiger partial charge in [0.05, 0.1) is 12.2 Å². The van der Waals surface area contributed by atoms with E-state index in [2.05, 4.69) is 32.5 Å². The van der Waals surface area contributed by atoms with E-state index >= 15 is 0 Å². The van der Waals surface area contributed by atoms with Crippen LogP contribution in [0.25, 0.3) is 0 Å². The molecule has 0 radical (unpaired) electrons. The number of anilines is 2. The molecule has 0 aliphatic rings. The molecule has 0 unspecified atom stereocenters. The van der Waals surface area contributed by atoms with E-state index in [1.165, 1.54) is 6.33 Å². The molecule has 2 heterocycles. The lowest BCUT2D eigenvalue weighted by Gasteiger charge is -2.06. The molecule has 2 aromatic rings. The Morgan fingerprint density at radius 1 is 1.16 bits per heavy atom. The number of nitrogens with one attached hydrogen (secondary N) is 2. The maximum Gasteiger partial charge on any atom is 0.213 e. The minimum absolute atomic E-state index is 0.513. The molecule has 2 N–H and O–H groups in total. The summed E-state index contributed by atoms with van der Waals surface area (Å²) >= 11 is 0.